The number of aromatic nitrogens is 1. The molecule has 1 aromatic carbocycles. The first-order valence-corrected chi connectivity index (χ1v) is 8.79. The third-order valence-corrected chi connectivity index (χ3v) is 4.90. The maximum absolute atomic E-state index is 12.4. The van der Waals surface area contributed by atoms with Gasteiger partial charge in [-0.15, -0.1) is 0 Å². The lowest BCUT2D eigenvalue weighted by Crippen LogP contribution is -2.33. The van der Waals surface area contributed by atoms with Crippen molar-refractivity contribution in [2.24, 2.45) is 7.05 Å². The molecule has 0 spiro atoms. The summed E-state index contributed by atoms with van der Waals surface area (Å²) in [6.45, 7) is 5.77. The van der Waals surface area contributed by atoms with E-state index in [4.69, 9.17) is 0 Å². The number of carbonyl (C=O) groups is 1. The number of aryl methyl sites for hydroxylation is 1. The highest BCUT2D eigenvalue weighted by atomic mass is 16.2. The van der Waals surface area contributed by atoms with Crippen LogP contribution in [-0.2, 0) is 11.8 Å². The summed E-state index contributed by atoms with van der Waals surface area (Å²) in [4.78, 5) is 14.7. The quantitative estimate of drug-likeness (QED) is 0.904. The monoisotopic (exact) mass is 325 g/mol. The van der Waals surface area contributed by atoms with Gasteiger partial charge in [-0.25, -0.2) is 0 Å². The van der Waals surface area contributed by atoms with Crippen LogP contribution in [0.15, 0.2) is 42.6 Å². The topological polar surface area (TPSA) is 37.3 Å². The van der Waals surface area contributed by atoms with Crippen molar-refractivity contribution in [2.45, 2.75) is 38.6 Å². The average Bonchev–Trinajstić information content (AvgIpc) is 3.16. The maximum Gasteiger partial charge on any atom is 0.238 e. The summed E-state index contributed by atoms with van der Waals surface area (Å²) in [7, 11) is 2.07. The van der Waals surface area contributed by atoms with Crippen molar-refractivity contribution in [1.29, 1.82) is 0 Å². The van der Waals surface area contributed by atoms with E-state index in [-0.39, 0.29) is 5.91 Å². The second kappa shape index (κ2) is 7.22. The third kappa shape index (κ3) is 3.70. The number of nitrogens with zero attached hydrogens (tertiary/aromatic N) is 2. The second-order valence-corrected chi connectivity index (χ2v) is 7.00. The van der Waals surface area contributed by atoms with Crippen LogP contribution in [0.25, 0.3) is 0 Å². The van der Waals surface area contributed by atoms with Gasteiger partial charge >= 0.3 is 0 Å². The van der Waals surface area contributed by atoms with Crippen molar-refractivity contribution >= 4 is 11.6 Å². The molecule has 1 aliphatic heterocycles. The lowest BCUT2D eigenvalue weighted by atomic mass is 10.0. The van der Waals surface area contributed by atoms with E-state index in [1.54, 1.807) is 0 Å². The Bertz CT molecular complexity index is 687. The predicted octanol–water partition coefficient (Wildman–Crippen LogP) is 3.92. The largest absolute Gasteiger partial charge is 0.353 e. The van der Waals surface area contributed by atoms with Gasteiger partial charge in [0.25, 0.3) is 0 Å². The summed E-state index contributed by atoms with van der Waals surface area (Å²) >= 11 is 0. The molecular weight excluding hydrogens is 298 g/mol. The van der Waals surface area contributed by atoms with Crippen molar-refractivity contribution in [3.05, 3.63) is 53.9 Å². The molecule has 0 saturated carbocycles. The van der Waals surface area contributed by atoms with Gasteiger partial charge in [0.1, 0.15) is 0 Å². The fourth-order valence-electron chi connectivity index (χ4n) is 3.51. The molecule has 4 nitrogen and oxygen atoms in total. The summed E-state index contributed by atoms with van der Waals surface area (Å²) in [5.74, 6) is 0.568. The summed E-state index contributed by atoms with van der Waals surface area (Å²) in [5.41, 5.74) is 3.46. The first kappa shape index (κ1) is 16.8. The predicted molar refractivity (Wildman–Crippen MR) is 98.1 cm³/mol. The van der Waals surface area contributed by atoms with E-state index >= 15 is 0 Å². The Kier molecular flexibility index (Phi) is 5.05. The zero-order valence-electron chi connectivity index (χ0n) is 14.8. The highest BCUT2D eigenvalue weighted by molar-refractivity contribution is 5.92. The van der Waals surface area contributed by atoms with Gasteiger partial charge in [0.2, 0.25) is 5.91 Å². The van der Waals surface area contributed by atoms with Crippen LogP contribution in [0.3, 0.4) is 0 Å². The van der Waals surface area contributed by atoms with Crippen molar-refractivity contribution in [3.63, 3.8) is 0 Å². The third-order valence-electron chi connectivity index (χ3n) is 4.90. The van der Waals surface area contributed by atoms with Gasteiger partial charge in [0.05, 0.1) is 12.6 Å². The summed E-state index contributed by atoms with van der Waals surface area (Å²) in [6, 6.07) is 12.7. The van der Waals surface area contributed by atoms with Crippen molar-refractivity contribution in [2.75, 3.05) is 18.4 Å². The summed E-state index contributed by atoms with van der Waals surface area (Å²) in [6.07, 6.45) is 4.34. The van der Waals surface area contributed by atoms with Crippen molar-refractivity contribution in [1.82, 2.24) is 9.47 Å². The molecule has 128 valence electrons. The fraction of sp³-hybridized carbons (Fsp3) is 0.450. The van der Waals surface area contributed by atoms with Gasteiger partial charge in [-0.3, -0.25) is 9.69 Å². The zero-order chi connectivity index (χ0) is 17.1. The van der Waals surface area contributed by atoms with Crippen molar-refractivity contribution in [3.8, 4) is 0 Å². The van der Waals surface area contributed by atoms with Crippen molar-refractivity contribution < 1.29 is 4.79 Å². The fourth-order valence-corrected chi connectivity index (χ4v) is 3.51. The molecule has 3 rings (SSSR count). The number of hydrogen-bond acceptors (Lipinski definition) is 2. The Balaban J connectivity index is 1.61. The molecule has 24 heavy (non-hydrogen) atoms. The molecule has 1 aliphatic rings. The zero-order valence-corrected chi connectivity index (χ0v) is 14.8. The van der Waals surface area contributed by atoms with Crippen LogP contribution in [0.4, 0.5) is 5.69 Å². The molecule has 1 fully saturated rings. The average molecular weight is 325 g/mol. The second-order valence-electron chi connectivity index (χ2n) is 7.00. The van der Waals surface area contributed by atoms with Gasteiger partial charge < -0.3 is 9.88 Å². The van der Waals surface area contributed by atoms with Gasteiger partial charge in [-0.1, -0.05) is 26.0 Å². The highest BCUT2D eigenvalue weighted by Gasteiger charge is 2.28. The number of rotatable bonds is 5. The first-order chi connectivity index (χ1) is 11.5. The molecule has 1 saturated heterocycles. The normalized spacial score (nSPS) is 18.2. The number of benzene rings is 1. The van der Waals surface area contributed by atoms with Crippen LogP contribution >= 0.6 is 0 Å². The number of anilines is 1. The minimum absolute atomic E-state index is 0.0633. The van der Waals surface area contributed by atoms with Crippen LogP contribution in [0.1, 0.15) is 49.9 Å². The Labute approximate surface area is 144 Å². The first-order valence-electron chi connectivity index (χ1n) is 8.79. The molecule has 1 atom stereocenters. The SMILES string of the molecule is CC(C)c1ccc(NC(=O)CN2CCC[C@H]2c2cccn2C)cc1. The van der Waals surface area contributed by atoms with E-state index in [1.807, 2.05) is 12.1 Å². The van der Waals surface area contributed by atoms with E-state index in [0.717, 1.165) is 25.1 Å². The Morgan fingerprint density at radius 3 is 2.62 bits per heavy atom. The number of amides is 1. The highest BCUT2D eigenvalue weighted by Crippen LogP contribution is 2.31. The standard InChI is InChI=1S/C20H27N3O/c1-15(2)16-8-10-17(11-9-16)21-20(24)14-23-13-5-7-19(23)18-6-4-12-22(18)3/h4,6,8-12,15,19H,5,7,13-14H2,1-3H3,(H,21,24)/t19-/m0/s1. The van der Waals surface area contributed by atoms with Crippen LogP contribution in [-0.4, -0.2) is 28.5 Å². The van der Waals surface area contributed by atoms with Crippen LogP contribution in [0, 0.1) is 0 Å². The van der Waals surface area contributed by atoms with Crippen LogP contribution < -0.4 is 5.32 Å². The molecule has 2 heterocycles. The maximum atomic E-state index is 12.4. The lowest BCUT2D eigenvalue weighted by Gasteiger charge is -2.24. The van der Waals surface area contributed by atoms with E-state index in [9.17, 15) is 4.79 Å². The molecule has 0 aliphatic carbocycles. The Hall–Kier alpha value is -2.07. The molecule has 1 amide bonds. The van der Waals surface area contributed by atoms with E-state index in [1.165, 1.54) is 11.3 Å². The number of likely N-dealkylation sites (tertiary alicyclic amines) is 1. The summed E-state index contributed by atoms with van der Waals surface area (Å²) < 4.78 is 2.16. The molecule has 1 aromatic heterocycles. The molecule has 0 unspecified atom stereocenters. The Morgan fingerprint density at radius 2 is 2.00 bits per heavy atom. The smallest absolute Gasteiger partial charge is 0.238 e. The lowest BCUT2D eigenvalue weighted by molar-refractivity contribution is -0.117. The minimum Gasteiger partial charge on any atom is -0.353 e. The number of nitrogens with one attached hydrogen (secondary N) is 1. The van der Waals surface area contributed by atoms with E-state index in [0.29, 0.717) is 18.5 Å². The van der Waals surface area contributed by atoms with Crippen LogP contribution in [0.5, 0.6) is 0 Å². The van der Waals surface area contributed by atoms with Gasteiger partial charge in [-0.05, 0) is 55.1 Å². The molecule has 4 heteroatoms. The Morgan fingerprint density at radius 1 is 1.25 bits per heavy atom. The van der Waals surface area contributed by atoms with Gasteiger partial charge in [0, 0.05) is 24.6 Å². The van der Waals surface area contributed by atoms with E-state index in [2.05, 4.69) is 66.1 Å². The van der Waals surface area contributed by atoms with Gasteiger partial charge in [-0.2, -0.15) is 0 Å². The summed E-state index contributed by atoms with van der Waals surface area (Å²) in [5, 5.41) is 3.03. The molecule has 0 radical (unpaired) electrons. The molecule has 0 bridgehead atoms. The van der Waals surface area contributed by atoms with E-state index < -0.39 is 0 Å². The number of carbonyl (C=O) groups excluding carboxylic acids is 1. The number of hydrogen-bond donors (Lipinski definition) is 1. The van der Waals surface area contributed by atoms with Crippen LogP contribution in [0.2, 0.25) is 0 Å². The molecule has 2 aromatic rings. The molecule has 1 N–H and O–H groups in total. The minimum atomic E-state index is 0.0633. The van der Waals surface area contributed by atoms with Gasteiger partial charge in [0.15, 0.2) is 0 Å². The molecular formula is C20H27N3O.